The normalized spacial score (nSPS) is 17.2. The number of carbonyl (C=O) groups excluding carboxylic acids is 1. The molecule has 1 atom stereocenters. The topological polar surface area (TPSA) is 40.5 Å². The summed E-state index contributed by atoms with van der Waals surface area (Å²) in [6, 6.07) is 16.4. The number of aldehydes is 1. The Hall–Kier alpha value is -2.59. The van der Waals surface area contributed by atoms with Crippen LogP contribution >= 0.6 is 0 Å². The smallest absolute Gasteiger partial charge is 0.199 e. The van der Waals surface area contributed by atoms with Crippen molar-refractivity contribution in [3.63, 3.8) is 0 Å². The lowest BCUT2D eigenvalue weighted by atomic mass is 10.0. The minimum atomic E-state index is -0.193. The zero-order chi connectivity index (χ0) is 19.5. The van der Waals surface area contributed by atoms with E-state index in [4.69, 9.17) is 9.47 Å². The second-order valence-electron chi connectivity index (χ2n) is 7.74. The highest BCUT2D eigenvalue weighted by molar-refractivity contribution is 6.00. The zero-order valence-corrected chi connectivity index (χ0v) is 16.6. The first kappa shape index (κ1) is 18.8. The van der Waals surface area contributed by atoms with Gasteiger partial charge in [0.25, 0.3) is 0 Å². The second-order valence-corrected chi connectivity index (χ2v) is 7.74. The lowest BCUT2D eigenvalue weighted by Crippen LogP contribution is -2.24. The van der Waals surface area contributed by atoms with Gasteiger partial charge in [-0.05, 0) is 42.5 Å². The van der Waals surface area contributed by atoms with E-state index in [1.165, 1.54) is 5.56 Å². The van der Waals surface area contributed by atoms with Crippen LogP contribution in [0.1, 0.15) is 60.6 Å². The van der Waals surface area contributed by atoms with Crippen molar-refractivity contribution < 1.29 is 14.3 Å². The number of carbonyl (C=O) groups is 1. The maximum absolute atomic E-state index is 12.0. The van der Waals surface area contributed by atoms with Crippen molar-refractivity contribution in [3.05, 3.63) is 65.4 Å². The molecule has 4 nitrogen and oxygen atoms in total. The van der Waals surface area contributed by atoms with Gasteiger partial charge in [-0.15, -0.1) is 0 Å². The first-order valence-electron chi connectivity index (χ1n) is 10.1. The van der Waals surface area contributed by atoms with E-state index in [9.17, 15) is 4.79 Å². The lowest BCUT2D eigenvalue weighted by molar-refractivity contribution is -0.105. The van der Waals surface area contributed by atoms with Gasteiger partial charge in [-0.25, -0.2) is 0 Å². The van der Waals surface area contributed by atoms with E-state index in [1.54, 1.807) is 0 Å². The van der Waals surface area contributed by atoms with Crippen molar-refractivity contribution in [1.29, 1.82) is 0 Å². The minimum absolute atomic E-state index is 0.193. The fraction of sp³-hybridized carbons (Fsp3) is 0.375. The summed E-state index contributed by atoms with van der Waals surface area (Å²) in [5.41, 5.74) is 4.11. The second kappa shape index (κ2) is 8.19. The molecule has 4 rings (SSSR count). The van der Waals surface area contributed by atoms with Crippen molar-refractivity contribution in [3.8, 4) is 5.75 Å². The van der Waals surface area contributed by atoms with Gasteiger partial charge >= 0.3 is 0 Å². The Morgan fingerprint density at radius 3 is 2.68 bits per heavy atom. The van der Waals surface area contributed by atoms with Gasteiger partial charge in [0.1, 0.15) is 5.75 Å². The molecule has 0 amide bonds. The van der Waals surface area contributed by atoms with Gasteiger partial charge < -0.3 is 14.0 Å². The molecule has 1 fully saturated rings. The largest absolute Gasteiger partial charge is 0.465 e. The zero-order valence-electron chi connectivity index (χ0n) is 16.6. The number of aromatic nitrogens is 1. The first-order chi connectivity index (χ1) is 13.7. The molecule has 3 aromatic rings. The van der Waals surface area contributed by atoms with Gasteiger partial charge in [0, 0.05) is 35.1 Å². The Morgan fingerprint density at radius 2 is 2.00 bits per heavy atom. The predicted octanol–water partition coefficient (Wildman–Crippen LogP) is 5.53. The summed E-state index contributed by atoms with van der Waals surface area (Å²) in [7, 11) is 0. The van der Waals surface area contributed by atoms with Crippen LogP contribution < -0.4 is 4.74 Å². The first-order valence-corrected chi connectivity index (χ1v) is 10.1. The molecular formula is C24H27NO3. The predicted molar refractivity (Wildman–Crippen MR) is 111 cm³/mol. The average Bonchev–Trinajstić information content (AvgIpc) is 3.02. The summed E-state index contributed by atoms with van der Waals surface area (Å²) in [6.07, 6.45) is 3.92. The number of benzene rings is 2. The van der Waals surface area contributed by atoms with Crippen LogP contribution in [0, 0.1) is 0 Å². The van der Waals surface area contributed by atoms with Crippen LogP contribution in [0.25, 0.3) is 10.9 Å². The van der Waals surface area contributed by atoms with Crippen LogP contribution in [0.3, 0.4) is 0 Å². The molecule has 0 spiro atoms. The van der Waals surface area contributed by atoms with Crippen LogP contribution in [0.15, 0.2) is 48.5 Å². The third-order valence-corrected chi connectivity index (χ3v) is 5.37. The van der Waals surface area contributed by atoms with E-state index in [-0.39, 0.29) is 12.2 Å². The average molecular weight is 377 g/mol. The molecule has 146 valence electrons. The maximum atomic E-state index is 12.0. The van der Waals surface area contributed by atoms with Gasteiger partial charge in [-0.3, -0.25) is 4.79 Å². The van der Waals surface area contributed by atoms with Crippen LogP contribution in [0.2, 0.25) is 0 Å². The molecule has 2 aromatic carbocycles. The number of ether oxygens (including phenoxy) is 2. The molecule has 0 aliphatic carbocycles. The summed E-state index contributed by atoms with van der Waals surface area (Å²) < 4.78 is 14.0. The standard InChI is InChI=1S/C24H27NO3/c1-17(2)24-21(16-26)20-14-19(28-23-10-6-7-13-27-23)11-12-22(20)25(24)15-18-8-4-3-5-9-18/h3-5,8-9,11-12,14,16-17,23H,6-7,10,13,15H2,1-2H3. The third kappa shape index (κ3) is 3.69. The van der Waals surface area contributed by atoms with E-state index < -0.39 is 0 Å². The Kier molecular flexibility index (Phi) is 5.49. The molecule has 1 unspecified atom stereocenters. The Balaban J connectivity index is 1.76. The van der Waals surface area contributed by atoms with E-state index in [2.05, 4.69) is 36.6 Å². The van der Waals surface area contributed by atoms with E-state index >= 15 is 0 Å². The van der Waals surface area contributed by atoms with Gasteiger partial charge in [0.2, 0.25) is 0 Å². The number of hydrogen-bond acceptors (Lipinski definition) is 3. The highest BCUT2D eigenvalue weighted by Gasteiger charge is 2.21. The highest BCUT2D eigenvalue weighted by atomic mass is 16.7. The molecule has 1 aromatic heterocycles. The monoisotopic (exact) mass is 377 g/mol. The molecular weight excluding hydrogens is 350 g/mol. The van der Waals surface area contributed by atoms with Crippen LogP contribution in [0.5, 0.6) is 5.75 Å². The van der Waals surface area contributed by atoms with Crippen molar-refractivity contribution in [2.24, 2.45) is 0 Å². The van der Waals surface area contributed by atoms with Gasteiger partial charge in [0.15, 0.2) is 12.6 Å². The summed E-state index contributed by atoms with van der Waals surface area (Å²) in [6.45, 7) is 5.76. The molecule has 0 N–H and O–H groups in total. The molecule has 1 aliphatic heterocycles. The van der Waals surface area contributed by atoms with Crippen molar-refractivity contribution in [2.75, 3.05) is 6.61 Å². The Morgan fingerprint density at radius 1 is 1.18 bits per heavy atom. The Bertz CT molecular complexity index is 953. The molecule has 2 heterocycles. The van der Waals surface area contributed by atoms with Gasteiger partial charge in [-0.2, -0.15) is 0 Å². The van der Waals surface area contributed by atoms with Crippen LogP contribution in [0.4, 0.5) is 0 Å². The fourth-order valence-corrected chi connectivity index (χ4v) is 4.09. The minimum Gasteiger partial charge on any atom is -0.465 e. The summed E-state index contributed by atoms with van der Waals surface area (Å²) in [4.78, 5) is 12.0. The summed E-state index contributed by atoms with van der Waals surface area (Å²) in [5, 5.41) is 0.947. The number of hydrogen-bond donors (Lipinski definition) is 0. The summed E-state index contributed by atoms with van der Waals surface area (Å²) >= 11 is 0. The molecule has 0 saturated carbocycles. The number of nitrogens with zero attached hydrogens (tertiary/aromatic N) is 1. The third-order valence-electron chi connectivity index (χ3n) is 5.37. The van der Waals surface area contributed by atoms with Crippen molar-refractivity contribution in [1.82, 2.24) is 4.57 Å². The van der Waals surface area contributed by atoms with Gasteiger partial charge in [-0.1, -0.05) is 44.2 Å². The van der Waals surface area contributed by atoms with E-state index in [1.807, 2.05) is 30.3 Å². The molecule has 4 heteroatoms. The molecule has 0 radical (unpaired) electrons. The fourth-order valence-electron chi connectivity index (χ4n) is 4.09. The lowest BCUT2D eigenvalue weighted by Gasteiger charge is -2.23. The number of fused-ring (bicyclic) bond motifs is 1. The van der Waals surface area contributed by atoms with Gasteiger partial charge in [0.05, 0.1) is 6.61 Å². The summed E-state index contributed by atoms with van der Waals surface area (Å²) in [5.74, 6) is 0.997. The molecule has 1 aliphatic rings. The van der Waals surface area contributed by atoms with E-state index in [0.717, 1.165) is 66.6 Å². The number of rotatable bonds is 6. The molecule has 0 bridgehead atoms. The molecule has 1 saturated heterocycles. The SMILES string of the molecule is CC(C)c1c(C=O)c2cc(OC3CCCCO3)ccc2n1Cc1ccccc1. The Labute approximate surface area is 166 Å². The van der Waals surface area contributed by atoms with Crippen molar-refractivity contribution >= 4 is 17.2 Å². The highest BCUT2D eigenvalue weighted by Crippen LogP contribution is 2.34. The maximum Gasteiger partial charge on any atom is 0.199 e. The van der Waals surface area contributed by atoms with Crippen LogP contribution in [-0.4, -0.2) is 23.8 Å². The van der Waals surface area contributed by atoms with Crippen LogP contribution in [-0.2, 0) is 11.3 Å². The molecule has 28 heavy (non-hydrogen) atoms. The van der Waals surface area contributed by atoms with E-state index in [0.29, 0.717) is 0 Å². The quantitative estimate of drug-likeness (QED) is 0.530. The van der Waals surface area contributed by atoms with Crippen molar-refractivity contribution in [2.45, 2.75) is 51.9 Å².